The van der Waals surface area contributed by atoms with Gasteiger partial charge < -0.3 is 14.9 Å². The van der Waals surface area contributed by atoms with Crippen molar-refractivity contribution < 1.29 is 14.4 Å². The van der Waals surface area contributed by atoms with Crippen LogP contribution in [0.15, 0.2) is 41.3 Å². The van der Waals surface area contributed by atoms with Gasteiger partial charge in [0.2, 0.25) is 5.91 Å². The third-order valence-electron chi connectivity index (χ3n) is 4.11. The van der Waals surface area contributed by atoms with Crippen molar-refractivity contribution in [2.24, 2.45) is 11.1 Å². The predicted molar refractivity (Wildman–Crippen MR) is 99.7 cm³/mol. The van der Waals surface area contributed by atoms with E-state index in [9.17, 15) is 4.79 Å². The Morgan fingerprint density at radius 3 is 2.92 bits per heavy atom. The second kappa shape index (κ2) is 10.9. The molecule has 0 bridgehead atoms. The number of nitrogens with one attached hydrogen (secondary N) is 1. The van der Waals surface area contributed by atoms with Gasteiger partial charge in [-0.2, -0.15) is 0 Å². The number of benzene rings is 1. The highest BCUT2D eigenvalue weighted by Gasteiger charge is 2.16. The number of ether oxygens (including phenoxy) is 1. The van der Waals surface area contributed by atoms with Crippen molar-refractivity contribution in [1.82, 2.24) is 5.32 Å². The zero-order valence-corrected chi connectivity index (χ0v) is 15.1. The fraction of sp³-hybridized carbons (Fsp3) is 0.474. The van der Waals surface area contributed by atoms with Crippen LogP contribution >= 0.6 is 11.6 Å². The largest absolute Gasteiger partial charge is 0.381 e. The van der Waals surface area contributed by atoms with E-state index >= 15 is 0 Å². The molecule has 1 amide bonds. The number of nitrogens with zero attached hydrogens (tertiary/aromatic N) is 1. The van der Waals surface area contributed by atoms with Crippen molar-refractivity contribution in [1.29, 1.82) is 0 Å². The molecule has 1 saturated heterocycles. The molecular weight excluding hydrogens is 340 g/mol. The van der Waals surface area contributed by atoms with Gasteiger partial charge in [-0.3, -0.25) is 4.79 Å². The van der Waals surface area contributed by atoms with Crippen LogP contribution in [0.3, 0.4) is 0 Å². The minimum absolute atomic E-state index is 0.0187. The SMILES string of the molecule is C=NO/C(=C\CC(=O)NCC1CCOC1)CCCc1ccc(Cl)cc1. The Labute approximate surface area is 154 Å². The monoisotopic (exact) mass is 364 g/mol. The molecule has 1 aromatic carbocycles. The average molecular weight is 365 g/mol. The molecule has 1 fully saturated rings. The van der Waals surface area contributed by atoms with Crippen LogP contribution < -0.4 is 5.32 Å². The van der Waals surface area contributed by atoms with Gasteiger partial charge in [0, 0.05) is 43.7 Å². The van der Waals surface area contributed by atoms with Crippen molar-refractivity contribution in [3.8, 4) is 0 Å². The summed E-state index contributed by atoms with van der Waals surface area (Å²) in [6.45, 7) is 5.54. The summed E-state index contributed by atoms with van der Waals surface area (Å²) < 4.78 is 5.30. The summed E-state index contributed by atoms with van der Waals surface area (Å²) in [5.74, 6) is 1.08. The molecule has 2 rings (SSSR count). The highest BCUT2D eigenvalue weighted by molar-refractivity contribution is 6.30. The van der Waals surface area contributed by atoms with E-state index in [1.807, 2.05) is 24.3 Å². The van der Waals surface area contributed by atoms with Crippen molar-refractivity contribution in [2.45, 2.75) is 32.1 Å². The van der Waals surface area contributed by atoms with E-state index in [0.29, 0.717) is 24.6 Å². The van der Waals surface area contributed by atoms with Crippen LogP contribution in [-0.4, -0.2) is 32.4 Å². The Hall–Kier alpha value is -1.85. The zero-order valence-electron chi connectivity index (χ0n) is 14.4. The van der Waals surface area contributed by atoms with Crippen LogP contribution in [0.1, 0.15) is 31.2 Å². The van der Waals surface area contributed by atoms with Crippen molar-refractivity contribution >= 4 is 24.2 Å². The van der Waals surface area contributed by atoms with Gasteiger partial charge in [0.25, 0.3) is 0 Å². The molecule has 25 heavy (non-hydrogen) atoms. The fourth-order valence-corrected chi connectivity index (χ4v) is 2.79. The lowest BCUT2D eigenvalue weighted by Crippen LogP contribution is -2.28. The fourth-order valence-electron chi connectivity index (χ4n) is 2.67. The summed E-state index contributed by atoms with van der Waals surface area (Å²) in [4.78, 5) is 17.1. The number of aryl methyl sites for hydroxylation is 1. The Morgan fingerprint density at radius 2 is 2.24 bits per heavy atom. The van der Waals surface area contributed by atoms with E-state index in [1.165, 1.54) is 5.56 Å². The molecular formula is C19H25ClN2O3. The third kappa shape index (κ3) is 7.71. The number of halogens is 1. The molecule has 5 nitrogen and oxygen atoms in total. The predicted octanol–water partition coefficient (Wildman–Crippen LogP) is 3.72. The summed E-state index contributed by atoms with van der Waals surface area (Å²) in [5.41, 5.74) is 1.21. The minimum Gasteiger partial charge on any atom is -0.381 e. The number of rotatable bonds is 10. The Balaban J connectivity index is 1.71. The van der Waals surface area contributed by atoms with Crippen LogP contribution in [-0.2, 0) is 20.8 Å². The number of allylic oxidation sites excluding steroid dienone is 1. The summed E-state index contributed by atoms with van der Waals surface area (Å²) in [7, 11) is 0. The second-order valence-corrected chi connectivity index (χ2v) is 6.55. The van der Waals surface area contributed by atoms with Gasteiger partial charge in [-0.1, -0.05) is 28.9 Å². The molecule has 1 unspecified atom stereocenters. The summed E-state index contributed by atoms with van der Waals surface area (Å²) in [5, 5.41) is 7.14. The van der Waals surface area contributed by atoms with E-state index in [-0.39, 0.29) is 12.3 Å². The maximum absolute atomic E-state index is 11.9. The topological polar surface area (TPSA) is 59.9 Å². The molecule has 0 saturated carbocycles. The van der Waals surface area contributed by atoms with Gasteiger partial charge in [-0.25, -0.2) is 0 Å². The van der Waals surface area contributed by atoms with Crippen LogP contribution in [0.5, 0.6) is 0 Å². The Morgan fingerprint density at radius 1 is 1.44 bits per heavy atom. The maximum atomic E-state index is 11.9. The van der Waals surface area contributed by atoms with E-state index in [4.69, 9.17) is 21.2 Å². The van der Waals surface area contributed by atoms with E-state index in [0.717, 1.165) is 37.5 Å². The summed E-state index contributed by atoms with van der Waals surface area (Å²) >= 11 is 5.88. The van der Waals surface area contributed by atoms with Crippen molar-refractivity contribution in [2.75, 3.05) is 19.8 Å². The van der Waals surface area contributed by atoms with Crippen LogP contribution in [0.2, 0.25) is 5.02 Å². The van der Waals surface area contributed by atoms with Gasteiger partial charge in [0.15, 0.2) is 0 Å². The molecule has 0 spiro atoms. The lowest BCUT2D eigenvalue weighted by Gasteiger charge is -2.09. The molecule has 136 valence electrons. The van der Waals surface area contributed by atoms with Gasteiger partial charge in [-0.15, -0.1) is 0 Å². The number of carbonyl (C=O) groups excluding carboxylic acids is 1. The standard InChI is InChI=1S/C19H25ClN2O3/c1-21-25-18(4-2-3-15-5-7-17(20)8-6-15)9-10-19(23)22-13-16-11-12-24-14-16/h5-9,16H,1-4,10-14H2,(H,22,23)/b18-9-. The summed E-state index contributed by atoms with van der Waals surface area (Å²) in [6.07, 6.45) is 5.56. The molecule has 1 heterocycles. The van der Waals surface area contributed by atoms with Gasteiger partial charge in [0.1, 0.15) is 5.76 Å². The highest BCUT2D eigenvalue weighted by Crippen LogP contribution is 2.15. The first-order chi connectivity index (χ1) is 12.2. The number of oxime groups is 1. The molecule has 1 aromatic rings. The normalized spacial score (nSPS) is 17.3. The number of hydrogen-bond donors (Lipinski definition) is 1. The lowest BCUT2D eigenvalue weighted by molar-refractivity contribution is -0.120. The second-order valence-electron chi connectivity index (χ2n) is 6.11. The van der Waals surface area contributed by atoms with Crippen molar-refractivity contribution in [3.05, 3.63) is 46.7 Å². The first kappa shape index (κ1) is 19.5. The van der Waals surface area contributed by atoms with E-state index in [1.54, 1.807) is 6.08 Å². The van der Waals surface area contributed by atoms with Crippen LogP contribution in [0, 0.1) is 5.92 Å². The molecule has 1 aliphatic rings. The molecule has 6 heteroatoms. The number of amides is 1. The first-order valence-electron chi connectivity index (χ1n) is 8.58. The zero-order chi connectivity index (χ0) is 17.9. The van der Waals surface area contributed by atoms with Crippen LogP contribution in [0.4, 0.5) is 0 Å². The van der Waals surface area contributed by atoms with E-state index < -0.39 is 0 Å². The highest BCUT2D eigenvalue weighted by atomic mass is 35.5. The first-order valence-corrected chi connectivity index (χ1v) is 8.96. The smallest absolute Gasteiger partial charge is 0.223 e. The third-order valence-corrected chi connectivity index (χ3v) is 4.36. The number of hydrogen-bond acceptors (Lipinski definition) is 4. The van der Waals surface area contributed by atoms with Gasteiger partial charge in [0.05, 0.1) is 6.61 Å². The number of carbonyl (C=O) groups is 1. The van der Waals surface area contributed by atoms with Gasteiger partial charge >= 0.3 is 0 Å². The maximum Gasteiger partial charge on any atom is 0.223 e. The average Bonchev–Trinajstić information content (AvgIpc) is 3.13. The quantitative estimate of drug-likeness (QED) is 0.391. The molecule has 1 N–H and O–H groups in total. The molecule has 1 atom stereocenters. The summed E-state index contributed by atoms with van der Waals surface area (Å²) in [6, 6.07) is 7.79. The Bertz CT molecular complexity index is 581. The molecule has 0 radical (unpaired) electrons. The molecule has 1 aliphatic heterocycles. The Kier molecular flexibility index (Phi) is 8.49. The molecule has 0 aliphatic carbocycles. The minimum atomic E-state index is -0.0187. The van der Waals surface area contributed by atoms with Crippen molar-refractivity contribution in [3.63, 3.8) is 0 Å². The van der Waals surface area contributed by atoms with Gasteiger partial charge in [-0.05, 0) is 43.0 Å². The van der Waals surface area contributed by atoms with Crippen LogP contribution in [0.25, 0.3) is 0 Å². The molecule has 0 aromatic heterocycles. The van der Waals surface area contributed by atoms with E-state index in [2.05, 4.69) is 17.2 Å². The lowest BCUT2D eigenvalue weighted by atomic mass is 10.1.